The lowest BCUT2D eigenvalue weighted by Gasteiger charge is -2.07. The minimum Gasteiger partial charge on any atom is -0.506 e. The van der Waals surface area contributed by atoms with Gasteiger partial charge in [0.25, 0.3) is 0 Å². The van der Waals surface area contributed by atoms with Crippen LogP contribution in [0, 0.1) is 0 Å². The topological polar surface area (TPSA) is 60.2 Å². The summed E-state index contributed by atoms with van der Waals surface area (Å²) in [6, 6.07) is 12.6. The molecule has 1 heterocycles. The molecule has 0 saturated heterocycles. The number of hydrogen-bond donors (Lipinski definition) is 1. The zero-order chi connectivity index (χ0) is 13.2. The Morgan fingerprint density at radius 2 is 1.79 bits per heavy atom. The van der Waals surface area contributed by atoms with Gasteiger partial charge in [-0.3, -0.25) is 0 Å². The molecule has 3 rings (SSSR count). The van der Waals surface area contributed by atoms with Gasteiger partial charge in [0.15, 0.2) is 0 Å². The van der Waals surface area contributed by atoms with Crippen molar-refractivity contribution in [2.24, 2.45) is 0 Å². The first-order valence-corrected chi connectivity index (χ1v) is 6.06. The molecule has 19 heavy (non-hydrogen) atoms. The van der Waals surface area contributed by atoms with Crippen molar-refractivity contribution >= 4 is 11.0 Å². The van der Waals surface area contributed by atoms with E-state index < -0.39 is 0 Å². The second-order valence-electron chi connectivity index (χ2n) is 4.06. The second-order valence-corrected chi connectivity index (χ2v) is 4.06. The fourth-order valence-corrected chi connectivity index (χ4v) is 1.89. The SMILES string of the molecule is CCOc1ccc(O)c(-n2nc3ccccc3n2)c1. The molecule has 96 valence electrons. The Labute approximate surface area is 110 Å². The number of benzene rings is 2. The van der Waals surface area contributed by atoms with Crippen molar-refractivity contribution in [3.63, 3.8) is 0 Å². The standard InChI is InChI=1S/C14H13N3O2/c1-2-19-10-7-8-14(18)13(9-10)17-15-11-5-3-4-6-12(11)16-17/h3-9,18H,2H2,1H3. The van der Waals surface area contributed by atoms with Gasteiger partial charge in [-0.25, -0.2) is 0 Å². The Kier molecular flexibility index (Phi) is 2.79. The molecular formula is C14H13N3O2. The summed E-state index contributed by atoms with van der Waals surface area (Å²) in [5.41, 5.74) is 2.06. The number of phenols is 1. The lowest BCUT2D eigenvalue weighted by Crippen LogP contribution is -2.00. The van der Waals surface area contributed by atoms with E-state index in [1.54, 1.807) is 18.2 Å². The molecule has 1 N–H and O–H groups in total. The van der Waals surface area contributed by atoms with Gasteiger partial charge in [-0.1, -0.05) is 12.1 Å². The van der Waals surface area contributed by atoms with E-state index in [2.05, 4.69) is 10.2 Å². The summed E-state index contributed by atoms with van der Waals surface area (Å²) in [6.07, 6.45) is 0. The lowest BCUT2D eigenvalue weighted by atomic mass is 10.3. The first-order chi connectivity index (χ1) is 9.28. The molecule has 0 spiro atoms. The number of hydrogen-bond acceptors (Lipinski definition) is 4. The third-order valence-corrected chi connectivity index (χ3v) is 2.76. The molecule has 5 nitrogen and oxygen atoms in total. The van der Waals surface area contributed by atoms with E-state index in [9.17, 15) is 5.11 Å². The zero-order valence-corrected chi connectivity index (χ0v) is 10.4. The third-order valence-electron chi connectivity index (χ3n) is 2.76. The number of nitrogens with zero attached hydrogens (tertiary/aromatic N) is 3. The Bertz CT molecular complexity index is 689. The average molecular weight is 255 g/mol. The predicted molar refractivity (Wildman–Crippen MR) is 71.7 cm³/mol. The van der Waals surface area contributed by atoms with Gasteiger partial charge in [-0.05, 0) is 31.2 Å². The fourth-order valence-electron chi connectivity index (χ4n) is 1.89. The van der Waals surface area contributed by atoms with E-state index in [-0.39, 0.29) is 5.75 Å². The van der Waals surface area contributed by atoms with E-state index >= 15 is 0 Å². The summed E-state index contributed by atoms with van der Waals surface area (Å²) in [5, 5.41) is 18.6. The maximum absolute atomic E-state index is 9.93. The number of ether oxygens (including phenoxy) is 1. The predicted octanol–water partition coefficient (Wildman–Crippen LogP) is 2.52. The zero-order valence-electron chi connectivity index (χ0n) is 10.4. The van der Waals surface area contributed by atoms with Crippen molar-refractivity contribution in [2.45, 2.75) is 6.92 Å². The van der Waals surface area contributed by atoms with Crippen LogP contribution >= 0.6 is 0 Å². The van der Waals surface area contributed by atoms with Gasteiger partial charge in [0, 0.05) is 6.07 Å². The monoisotopic (exact) mass is 255 g/mol. The van der Waals surface area contributed by atoms with Crippen LogP contribution in [0.15, 0.2) is 42.5 Å². The number of rotatable bonds is 3. The molecule has 0 aliphatic carbocycles. The molecule has 0 unspecified atom stereocenters. The Balaban J connectivity index is 2.11. The Morgan fingerprint density at radius 3 is 2.42 bits per heavy atom. The van der Waals surface area contributed by atoms with Crippen molar-refractivity contribution in [3.8, 4) is 17.2 Å². The number of aromatic hydroxyl groups is 1. The molecular weight excluding hydrogens is 242 g/mol. The largest absolute Gasteiger partial charge is 0.506 e. The number of fused-ring (bicyclic) bond motifs is 1. The minimum atomic E-state index is 0.115. The highest BCUT2D eigenvalue weighted by molar-refractivity contribution is 5.73. The molecule has 0 radical (unpaired) electrons. The highest BCUT2D eigenvalue weighted by atomic mass is 16.5. The van der Waals surface area contributed by atoms with Crippen LogP contribution in [0.2, 0.25) is 0 Å². The maximum atomic E-state index is 9.93. The molecule has 0 fully saturated rings. The molecule has 2 aromatic carbocycles. The van der Waals surface area contributed by atoms with Gasteiger partial charge in [0.2, 0.25) is 0 Å². The molecule has 1 aromatic heterocycles. The third kappa shape index (κ3) is 2.10. The van der Waals surface area contributed by atoms with Crippen molar-refractivity contribution in [3.05, 3.63) is 42.5 Å². The van der Waals surface area contributed by atoms with Crippen molar-refractivity contribution < 1.29 is 9.84 Å². The van der Waals surface area contributed by atoms with Crippen molar-refractivity contribution in [1.82, 2.24) is 15.0 Å². The quantitative estimate of drug-likeness (QED) is 0.781. The summed E-state index contributed by atoms with van der Waals surface area (Å²) in [7, 11) is 0. The number of phenolic OH excluding ortho intramolecular Hbond substituents is 1. The van der Waals surface area contributed by atoms with Crippen LogP contribution in [0.25, 0.3) is 16.7 Å². The van der Waals surface area contributed by atoms with Crippen LogP contribution in [-0.2, 0) is 0 Å². The molecule has 0 saturated carbocycles. The second kappa shape index (κ2) is 4.61. The van der Waals surface area contributed by atoms with Crippen LogP contribution in [-0.4, -0.2) is 26.7 Å². The summed E-state index contributed by atoms with van der Waals surface area (Å²) in [6.45, 7) is 2.48. The highest BCUT2D eigenvalue weighted by Gasteiger charge is 2.09. The van der Waals surface area contributed by atoms with Gasteiger partial charge in [-0.15, -0.1) is 15.0 Å². The van der Waals surface area contributed by atoms with Gasteiger partial charge in [0.1, 0.15) is 28.2 Å². The summed E-state index contributed by atoms with van der Waals surface area (Å²) in [4.78, 5) is 1.42. The first-order valence-electron chi connectivity index (χ1n) is 6.06. The molecule has 5 heteroatoms. The first kappa shape index (κ1) is 11.5. The molecule has 0 atom stereocenters. The highest BCUT2D eigenvalue weighted by Crippen LogP contribution is 2.26. The molecule has 0 bridgehead atoms. The van der Waals surface area contributed by atoms with E-state index in [0.29, 0.717) is 18.0 Å². The summed E-state index contributed by atoms with van der Waals surface area (Å²) < 4.78 is 5.42. The molecule has 0 amide bonds. The van der Waals surface area contributed by atoms with E-state index in [4.69, 9.17) is 4.74 Å². The van der Waals surface area contributed by atoms with Crippen LogP contribution in [0.5, 0.6) is 11.5 Å². The number of aromatic nitrogens is 3. The summed E-state index contributed by atoms with van der Waals surface area (Å²) in [5.74, 6) is 0.792. The van der Waals surface area contributed by atoms with Crippen molar-refractivity contribution in [1.29, 1.82) is 0 Å². The van der Waals surface area contributed by atoms with Gasteiger partial charge in [-0.2, -0.15) is 0 Å². The minimum absolute atomic E-state index is 0.115. The maximum Gasteiger partial charge on any atom is 0.143 e. The summed E-state index contributed by atoms with van der Waals surface area (Å²) >= 11 is 0. The van der Waals surface area contributed by atoms with Gasteiger partial charge in [0.05, 0.1) is 6.61 Å². The van der Waals surface area contributed by atoms with Crippen LogP contribution < -0.4 is 4.74 Å². The van der Waals surface area contributed by atoms with Crippen LogP contribution in [0.4, 0.5) is 0 Å². The average Bonchev–Trinajstić information content (AvgIpc) is 2.85. The van der Waals surface area contributed by atoms with E-state index in [1.807, 2.05) is 31.2 Å². The molecule has 0 aliphatic rings. The molecule has 3 aromatic rings. The fraction of sp³-hybridized carbons (Fsp3) is 0.143. The normalized spacial score (nSPS) is 10.8. The Hall–Kier alpha value is -2.56. The van der Waals surface area contributed by atoms with Crippen LogP contribution in [0.1, 0.15) is 6.92 Å². The Morgan fingerprint density at radius 1 is 1.11 bits per heavy atom. The smallest absolute Gasteiger partial charge is 0.143 e. The van der Waals surface area contributed by atoms with Crippen LogP contribution in [0.3, 0.4) is 0 Å². The van der Waals surface area contributed by atoms with Gasteiger partial charge >= 0.3 is 0 Å². The molecule has 0 aliphatic heterocycles. The van der Waals surface area contributed by atoms with E-state index in [1.165, 1.54) is 4.80 Å². The lowest BCUT2D eigenvalue weighted by molar-refractivity contribution is 0.339. The van der Waals surface area contributed by atoms with Gasteiger partial charge < -0.3 is 9.84 Å². The van der Waals surface area contributed by atoms with Crippen molar-refractivity contribution in [2.75, 3.05) is 6.61 Å². The van der Waals surface area contributed by atoms with E-state index in [0.717, 1.165) is 11.0 Å².